The minimum Gasteiger partial charge on any atom is -0.346 e. The largest absolute Gasteiger partial charge is 0.346 e. The second-order valence-corrected chi connectivity index (χ2v) is 3.40. The second kappa shape index (κ2) is 4.03. The molecule has 3 nitrogen and oxygen atoms in total. The van der Waals surface area contributed by atoms with Crippen LogP contribution in [0.15, 0.2) is 11.2 Å². The van der Waals surface area contributed by atoms with Crippen molar-refractivity contribution >= 4 is 18.2 Å². The third kappa shape index (κ3) is 2.28. The molecule has 0 fully saturated rings. The lowest BCUT2D eigenvalue weighted by atomic mass is 10.2. The molecule has 2 N–H and O–H groups in total. The number of aromatic amines is 1. The van der Waals surface area contributed by atoms with Gasteiger partial charge in [0.2, 0.25) is 0 Å². The van der Waals surface area contributed by atoms with E-state index < -0.39 is 0 Å². The summed E-state index contributed by atoms with van der Waals surface area (Å²) in [6, 6.07) is 0. The van der Waals surface area contributed by atoms with Gasteiger partial charge < -0.3 is 10.4 Å². The molecular weight excluding hydrogens is 162 g/mol. The van der Waals surface area contributed by atoms with Crippen molar-refractivity contribution in [3.8, 4) is 0 Å². The molecule has 0 unspecified atom stereocenters. The Balaban J connectivity index is 2.94. The van der Waals surface area contributed by atoms with Crippen molar-refractivity contribution in [2.45, 2.75) is 20.8 Å². The van der Waals surface area contributed by atoms with E-state index in [2.05, 4.69) is 23.8 Å². The lowest BCUT2D eigenvalue weighted by molar-refractivity contribution is 0.906. The van der Waals surface area contributed by atoms with Gasteiger partial charge in [-0.15, -0.1) is 0 Å². The van der Waals surface area contributed by atoms with E-state index in [1.807, 2.05) is 19.3 Å². The summed E-state index contributed by atoms with van der Waals surface area (Å²) in [4.78, 5) is 7.30. The predicted octanol–water partition coefficient (Wildman–Crippen LogP) is 2.68. The zero-order valence-corrected chi connectivity index (χ0v) is 8.26. The highest BCUT2D eigenvalue weighted by Crippen LogP contribution is 2.18. The number of aromatic nitrogens is 1. The quantitative estimate of drug-likeness (QED) is 0.667. The Labute approximate surface area is 78.4 Å². The van der Waals surface area contributed by atoms with Gasteiger partial charge in [0.25, 0.3) is 0 Å². The number of hydrogen-bond donors (Lipinski definition) is 2. The predicted molar refractivity (Wildman–Crippen MR) is 56.4 cm³/mol. The first-order valence-electron chi connectivity index (χ1n) is 4.37. The topological polar surface area (TPSA) is 52.0 Å². The summed E-state index contributed by atoms with van der Waals surface area (Å²) in [5.74, 6) is 1.21. The number of H-pyrrole nitrogens is 1. The van der Waals surface area contributed by atoms with Crippen LogP contribution in [0.3, 0.4) is 0 Å². The Kier molecular flexibility index (Phi) is 3.01. The molecule has 1 rings (SSSR count). The molecular formula is C10H15N3. The summed E-state index contributed by atoms with van der Waals surface area (Å²) in [6.45, 7) is 6.11. The number of nitrogens with zero attached hydrogens (tertiary/aromatic N) is 1. The summed E-state index contributed by atoms with van der Waals surface area (Å²) < 4.78 is 0. The Morgan fingerprint density at radius 3 is 2.77 bits per heavy atom. The van der Waals surface area contributed by atoms with Crippen LogP contribution in [0.1, 0.15) is 25.0 Å². The van der Waals surface area contributed by atoms with Crippen molar-refractivity contribution in [2.75, 3.05) is 0 Å². The maximum atomic E-state index is 7.21. The molecule has 70 valence electrons. The number of hydrogen-bond acceptors (Lipinski definition) is 2. The molecule has 0 amide bonds. The average molecular weight is 177 g/mol. The third-order valence-electron chi connectivity index (χ3n) is 1.75. The van der Waals surface area contributed by atoms with Crippen LogP contribution in [-0.2, 0) is 0 Å². The zero-order valence-electron chi connectivity index (χ0n) is 8.26. The first-order valence-corrected chi connectivity index (χ1v) is 4.37. The van der Waals surface area contributed by atoms with E-state index >= 15 is 0 Å². The fourth-order valence-electron chi connectivity index (χ4n) is 1.03. The minimum atomic E-state index is 0.433. The third-order valence-corrected chi connectivity index (χ3v) is 1.75. The van der Waals surface area contributed by atoms with Crippen molar-refractivity contribution in [1.82, 2.24) is 4.98 Å². The smallest absolute Gasteiger partial charge is 0.138 e. The van der Waals surface area contributed by atoms with E-state index in [4.69, 9.17) is 5.41 Å². The summed E-state index contributed by atoms with van der Waals surface area (Å²) in [5, 5.41) is 7.21. The van der Waals surface area contributed by atoms with Crippen LogP contribution in [0.5, 0.6) is 0 Å². The normalized spacial score (nSPS) is 11.4. The van der Waals surface area contributed by atoms with Crippen LogP contribution < -0.4 is 0 Å². The van der Waals surface area contributed by atoms with Crippen LogP contribution in [0, 0.1) is 18.3 Å². The van der Waals surface area contributed by atoms with E-state index in [0.29, 0.717) is 5.92 Å². The zero-order chi connectivity index (χ0) is 9.84. The number of nitrogens with one attached hydrogen (secondary N) is 2. The molecule has 0 radical (unpaired) electrons. The maximum absolute atomic E-state index is 7.21. The highest BCUT2D eigenvalue weighted by Gasteiger charge is 2.02. The van der Waals surface area contributed by atoms with Gasteiger partial charge >= 0.3 is 0 Å². The molecule has 1 aromatic heterocycles. The molecule has 0 saturated carbocycles. The van der Waals surface area contributed by atoms with Crippen LogP contribution in [0.25, 0.3) is 0 Å². The van der Waals surface area contributed by atoms with Crippen molar-refractivity contribution in [3.63, 3.8) is 0 Å². The first-order chi connectivity index (χ1) is 6.15. The lowest BCUT2D eigenvalue weighted by Crippen LogP contribution is -1.87. The number of rotatable bonds is 3. The Hall–Kier alpha value is -1.38. The van der Waals surface area contributed by atoms with Crippen LogP contribution >= 0.6 is 0 Å². The lowest BCUT2D eigenvalue weighted by Gasteiger charge is -1.94. The summed E-state index contributed by atoms with van der Waals surface area (Å²) in [7, 11) is 0. The van der Waals surface area contributed by atoms with Crippen molar-refractivity contribution < 1.29 is 0 Å². The van der Waals surface area contributed by atoms with Gasteiger partial charge in [0, 0.05) is 24.2 Å². The van der Waals surface area contributed by atoms with Crippen LogP contribution in [-0.4, -0.2) is 17.4 Å². The Morgan fingerprint density at radius 1 is 1.54 bits per heavy atom. The molecule has 0 aliphatic heterocycles. The summed E-state index contributed by atoms with van der Waals surface area (Å²) in [6.07, 6.45) is 5.07. The Morgan fingerprint density at radius 2 is 2.23 bits per heavy atom. The molecule has 0 atom stereocenters. The molecule has 0 aliphatic rings. The number of aliphatic imine (C=N–C) groups is 1. The second-order valence-electron chi connectivity index (χ2n) is 3.40. The van der Waals surface area contributed by atoms with E-state index in [1.54, 1.807) is 0 Å². The molecule has 0 saturated heterocycles. The van der Waals surface area contributed by atoms with Crippen molar-refractivity contribution in [2.24, 2.45) is 10.9 Å². The molecule has 0 bridgehead atoms. The van der Waals surface area contributed by atoms with Gasteiger partial charge in [0.15, 0.2) is 0 Å². The van der Waals surface area contributed by atoms with Crippen molar-refractivity contribution in [1.29, 1.82) is 5.41 Å². The van der Waals surface area contributed by atoms with E-state index in [9.17, 15) is 0 Å². The SMILES string of the molecule is Cc1c[nH]c(/N=C\C(C)C)c1C=N. The average Bonchev–Trinajstić information content (AvgIpc) is 2.42. The molecule has 0 aliphatic carbocycles. The summed E-state index contributed by atoms with van der Waals surface area (Å²) in [5.41, 5.74) is 1.93. The monoisotopic (exact) mass is 177 g/mol. The van der Waals surface area contributed by atoms with E-state index in [1.165, 1.54) is 6.21 Å². The standard InChI is InChI=1S/C10H15N3/c1-7(2)5-12-10-9(4-11)8(3)6-13-10/h4-7,11,13H,1-3H3/b11-4?,12-5-. The van der Waals surface area contributed by atoms with Crippen LogP contribution in [0.4, 0.5) is 5.82 Å². The van der Waals surface area contributed by atoms with Gasteiger partial charge in [-0.2, -0.15) is 0 Å². The first kappa shape index (κ1) is 9.71. The van der Waals surface area contributed by atoms with Gasteiger partial charge in [-0.25, -0.2) is 4.99 Å². The number of aryl methyl sites for hydroxylation is 1. The van der Waals surface area contributed by atoms with E-state index in [0.717, 1.165) is 16.9 Å². The highest BCUT2D eigenvalue weighted by atomic mass is 14.9. The maximum Gasteiger partial charge on any atom is 0.138 e. The van der Waals surface area contributed by atoms with Crippen LogP contribution in [0.2, 0.25) is 0 Å². The molecule has 13 heavy (non-hydrogen) atoms. The van der Waals surface area contributed by atoms with Gasteiger partial charge in [-0.1, -0.05) is 13.8 Å². The molecule has 0 spiro atoms. The fourth-order valence-corrected chi connectivity index (χ4v) is 1.03. The molecule has 1 heterocycles. The van der Waals surface area contributed by atoms with Crippen molar-refractivity contribution in [3.05, 3.63) is 17.3 Å². The summed E-state index contributed by atoms with van der Waals surface area (Å²) >= 11 is 0. The fraction of sp³-hybridized carbons (Fsp3) is 0.400. The van der Waals surface area contributed by atoms with Gasteiger partial charge in [-0.3, -0.25) is 0 Å². The molecule has 0 aromatic carbocycles. The highest BCUT2D eigenvalue weighted by molar-refractivity contribution is 5.86. The van der Waals surface area contributed by atoms with Gasteiger partial charge in [0.05, 0.1) is 0 Å². The Bertz CT molecular complexity index is 321. The molecule has 3 heteroatoms. The van der Waals surface area contributed by atoms with E-state index in [-0.39, 0.29) is 0 Å². The van der Waals surface area contributed by atoms with Gasteiger partial charge in [-0.05, 0) is 18.4 Å². The molecule has 1 aromatic rings. The minimum absolute atomic E-state index is 0.433. The van der Waals surface area contributed by atoms with Gasteiger partial charge in [0.1, 0.15) is 5.82 Å².